The average molecular weight is 408 g/mol. The molecule has 1 unspecified atom stereocenters. The van der Waals surface area contributed by atoms with E-state index in [0.29, 0.717) is 18.2 Å². The van der Waals surface area contributed by atoms with E-state index in [-0.39, 0.29) is 11.3 Å². The van der Waals surface area contributed by atoms with Gasteiger partial charge in [-0.2, -0.15) is 11.8 Å². The summed E-state index contributed by atoms with van der Waals surface area (Å²) in [5.41, 5.74) is 0.216. The lowest BCUT2D eigenvalue weighted by Gasteiger charge is -2.41. The zero-order valence-electron chi connectivity index (χ0n) is 17.5. The van der Waals surface area contributed by atoms with Gasteiger partial charge in [0.15, 0.2) is 0 Å². The quantitative estimate of drug-likeness (QED) is 0.703. The van der Waals surface area contributed by atoms with Crippen molar-refractivity contribution in [1.29, 1.82) is 0 Å². The zero-order chi connectivity index (χ0) is 19.6. The summed E-state index contributed by atoms with van der Waals surface area (Å²) < 4.78 is 0. The van der Waals surface area contributed by atoms with Crippen LogP contribution in [0.15, 0.2) is 0 Å². The molecule has 4 rings (SSSR count). The summed E-state index contributed by atoms with van der Waals surface area (Å²) in [6, 6.07) is 0.770. The summed E-state index contributed by atoms with van der Waals surface area (Å²) >= 11 is 1.73. The zero-order valence-corrected chi connectivity index (χ0v) is 18.4. The molecule has 2 saturated carbocycles. The largest absolute Gasteiger partial charge is 0.343 e. The number of piperidine rings is 1. The molecule has 158 valence electrons. The number of thioether (sulfide) groups is 1. The summed E-state index contributed by atoms with van der Waals surface area (Å²) in [4.78, 5) is 32.2. The van der Waals surface area contributed by atoms with Gasteiger partial charge < -0.3 is 9.80 Å². The molecule has 6 heteroatoms. The monoisotopic (exact) mass is 407 g/mol. The highest BCUT2D eigenvalue weighted by Crippen LogP contribution is 2.60. The molecule has 1 atom stereocenters. The van der Waals surface area contributed by atoms with Crippen LogP contribution in [-0.2, 0) is 9.59 Å². The molecule has 4 aliphatic rings. The van der Waals surface area contributed by atoms with Crippen molar-refractivity contribution in [2.75, 3.05) is 51.3 Å². The Morgan fingerprint density at radius 3 is 2.25 bits per heavy atom. The fraction of sp³-hybridized carbons (Fsp3) is 0.909. The van der Waals surface area contributed by atoms with E-state index in [4.69, 9.17) is 0 Å². The van der Waals surface area contributed by atoms with Crippen LogP contribution in [0.5, 0.6) is 0 Å². The Balaban J connectivity index is 1.21. The van der Waals surface area contributed by atoms with Gasteiger partial charge in [-0.1, -0.05) is 19.3 Å². The molecular weight excluding hydrogens is 370 g/mol. The van der Waals surface area contributed by atoms with Gasteiger partial charge in [0.1, 0.15) is 0 Å². The highest BCUT2D eigenvalue weighted by molar-refractivity contribution is 7.98. The van der Waals surface area contributed by atoms with E-state index < -0.39 is 0 Å². The van der Waals surface area contributed by atoms with Gasteiger partial charge in [0.2, 0.25) is 11.8 Å². The molecule has 0 aromatic heterocycles. The number of carbonyl (C=O) groups is 2. The SMILES string of the molecule is CSCCC(=O)N1CCC2(CC1)CC2C(=O)N1CCN(C2CCCCC2)CC1. The van der Waals surface area contributed by atoms with Crippen molar-refractivity contribution >= 4 is 23.6 Å². The van der Waals surface area contributed by atoms with Crippen LogP contribution in [0.1, 0.15) is 57.8 Å². The van der Waals surface area contributed by atoms with Gasteiger partial charge >= 0.3 is 0 Å². The molecule has 4 fully saturated rings. The predicted molar refractivity (Wildman–Crippen MR) is 114 cm³/mol. The first-order valence-electron chi connectivity index (χ1n) is 11.4. The van der Waals surface area contributed by atoms with E-state index in [2.05, 4.69) is 9.80 Å². The van der Waals surface area contributed by atoms with Crippen molar-refractivity contribution < 1.29 is 9.59 Å². The molecular formula is C22H37N3O2S. The van der Waals surface area contributed by atoms with E-state index >= 15 is 0 Å². The fourth-order valence-corrected chi connectivity index (χ4v) is 6.15. The Labute approximate surface area is 174 Å². The number of carbonyl (C=O) groups excluding carboxylic acids is 2. The smallest absolute Gasteiger partial charge is 0.226 e. The lowest BCUT2D eigenvalue weighted by molar-refractivity contribution is -0.136. The van der Waals surface area contributed by atoms with Gasteiger partial charge in [-0.25, -0.2) is 0 Å². The highest BCUT2D eigenvalue weighted by Gasteiger charge is 2.59. The van der Waals surface area contributed by atoms with E-state index in [1.165, 1.54) is 32.1 Å². The van der Waals surface area contributed by atoms with Crippen molar-refractivity contribution in [2.24, 2.45) is 11.3 Å². The summed E-state index contributed by atoms with van der Waals surface area (Å²) in [6.45, 7) is 5.67. The number of rotatable bonds is 5. The van der Waals surface area contributed by atoms with Crippen molar-refractivity contribution in [3.05, 3.63) is 0 Å². The molecule has 0 aromatic carbocycles. The first kappa shape index (κ1) is 20.5. The van der Waals surface area contributed by atoms with Gasteiger partial charge in [0, 0.05) is 63.4 Å². The van der Waals surface area contributed by atoms with Gasteiger partial charge in [0.05, 0.1) is 0 Å². The minimum atomic E-state index is 0.216. The Morgan fingerprint density at radius 1 is 0.929 bits per heavy atom. The molecule has 0 bridgehead atoms. The lowest BCUT2D eigenvalue weighted by atomic mass is 9.90. The standard InChI is InChI=1S/C22H37N3O2S/c1-28-16-7-20(26)24-10-8-22(9-11-24)17-19(22)21(27)25-14-12-23(13-15-25)18-5-3-2-4-6-18/h18-19H,2-17H2,1H3. The Kier molecular flexibility index (Phi) is 6.56. The highest BCUT2D eigenvalue weighted by atomic mass is 32.2. The second-order valence-electron chi connectivity index (χ2n) is 9.40. The summed E-state index contributed by atoms with van der Waals surface area (Å²) in [7, 11) is 0. The topological polar surface area (TPSA) is 43.9 Å². The van der Waals surface area contributed by atoms with Gasteiger partial charge in [-0.3, -0.25) is 14.5 Å². The third-order valence-corrected chi connectivity index (χ3v) is 8.45. The van der Waals surface area contributed by atoms with Gasteiger partial charge in [-0.05, 0) is 43.8 Å². The minimum absolute atomic E-state index is 0.216. The maximum atomic E-state index is 13.1. The number of hydrogen-bond donors (Lipinski definition) is 0. The maximum Gasteiger partial charge on any atom is 0.226 e. The van der Waals surface area contributed by atoms with Crippen molar-refractivity contribution in [3.8, 4) is 0 Å². The molecule has 0 N–H and O–H groups in total. The van der Waals surface area contributed by atoms with Crippen molar-refractivity contribution in [2.45, 2.75) is 63.8 Å². The first-order chi connectivity index (χ1) is 13.6. The third kappa shape index (κ3) is 4.38. The van der Waals surface area contributed by atoms with Crippen LogP contribution in [0.4, 0.5) is 0 Å². The molecule has 2 amide bonds. The van der Waals surface area contributed by atoms with Gasteiger partial charge in [-0.15, -0.1) is 0 Å². The minimum Gasteiger partial charge on any atom is -0.343 e. The van der Waals surface area contributed by atoms with Crippen LogP contribution < -0.4 is 0 Å². The van der Waals surface area contributed by atoms with Crippen LogP contribution in [0.3, 0.4) is 0 Å². The van der Waals surface area contributed by atoms with Crippen molar-refractivity contribution in [1.82, 2.24) is 14.7 Å². The molecule has 1 spiro atoms. The number of amides is 2. The molecule has 2 heterocycles. The maximum absolute atomic E-state index is 13.1. The second kappa shape index (κ2) is 8.95. The molecule has 2 aliphatic heterocycles. The molecule has 2 saturated heterocycles. The van der Waals surface area contributed by atoms with E-state index in [1.807, 2.05) is 11.2 Å². The summed E-state index contributed by atoms with van der Waals surface area (Å²) in [5.74, 6) is 1.85. The van der Waals surface area contributed by atoms with Crippen LogP contribution >= 0.6 is 11.8 Å². The van der Waals surface area contributed by atoms with Crippen LogP contribution in [0, 0.1) is 11.3 Å². The average Bonchev–Trinajstić information content (AvgIpc) is 3.45. The predicted octanol–water partition coefficient (Wildman–Crippen LogP) is 2.85. The summed E-state index contributed by atoms with van der Waals surface area (Å²) in [5, 5.41) is 0. The Morgan fingerprint density at radius 2 is 1.61 bits per heavy atom. The second-order valence-corrected chi connectivity index (χ2v) is 10.4. The molecule has 28 heavy (non-hydrogen) atoms. The van der Waals surface area contributed by atoms with Crippen molar-refractivity contribution in [3.63, 3.8) is 0 Å². The summed E-state index contributed by atoms with van der Waals surface area (Å²) in [6.07, 6.45) is 12.7. The number of piperazine rings is 1. The van der Waals surface area contributed by atoms with E-state index in [1.54, 1.807) is 11.8 Å². The van der Waals surface area contributed by atoms with Gasteiger partial charge in [0.25, 0.3) is 0 Å². The number of hydrogen-bond acceptors (Lipinski definition) is 4. The molecule has 0 radical (unpaired) electrons. The molecule has 0 aromatic rings. The van der Waals surface area contributed by atoms with Crippen LogP contribution in [0.25, 0.3) is 0 Å². The van der Waals surface area contributed by atoms with E-state index in [9.17, 15) is 9.59 Å². The number of nitrogens with zero attached hydrogens (tertiary/aromatic N) is 3. The third-order valence-electron chi connectivity index (χ3n) is 7.84. The van der Waals surface area contributed by atoms with Crippen LogP contribution in [-0.4, -0.2) is 83.8 Å². The normalized spacial score (nSPS) is 28.5. The molecule has 2 aliphatic carbocycles. The fourth-order valence-electron chi connectivity index (χ4n) is 5.77. The van der Waals surface area contributed by atoms with E-state index in [0.717, 1.165) is 70.3 Å². The Hall–Kier alpha value is -0.750. The number of likely N-dealkylation sites (tertiary alicyclic amines) is 1. The first-order valence-corrected chi connectivity index (χ1v) is 12.8. The van der Waals surface area contributed by atoms with Crippen LogP contribution in [0.2, 0.25) is 0 Å². The Bertz CT molecular complexity index is 562. The lowest BCUT2D eigenvalue weighted by Crippen LogP contribution is -2.53. The molecule has 5 nitrogen and oxygen atoms in total.